The Hall–Kier alpha value is -0.420. The van der Waals surface area contributed by atoms with Gasteiger partial charge < -0.3 is 10.6 Å². The lowest BCUT2D eigenvalue weighted by atomic mass is 9.95. The van der Waals surface area contributed by atoms with Crippen LogP contribution in [0.1, 0.15) is 37.8 Å². The zero-order valence-corrected chi connectivity index (χ0v) is 13.2. The molecule has 2 rings (SSSR count). The summed E-state index contributed by atoms with van der Waals surface area (Å²) < 4.78 is 0. The second kappa shape index (κ2) is 6.84. The topological polar surface area (TPSA) is 32.5 Å². The molecule has 4 heteroatoms. The van der Waals surface area contributed by atoms with Crippen molar-refractivity contribution >= 4 is 11.3 Å². The number of nitrogens with two attached hydrogens (primary N) is 1. The van der Waals surface area contributed by atoms with Gasteiger partial charge in [0.25, 0.3) is 0 Å². The van der Waals surface area contributed by atoms with Gasteiger partial charge in [0.05, 0.1) is 6.04 Å². The molecule has 1 aliphatic rings. The van der Waals surface area contributed by atoms with Crippen LogP contribution in [0.3, 0.4) is 0 Å². The van der Waals surface area contributed by atoms with Crippen LogP contribution in [0.4, 0.5) is 0 Å². The van der Waals surface area contributed by atoms with Crippen LogP contribution >= 0.6 is 11.3 Å². The third-order valence-electron chi connectivity index (χ3n) is 4.38. The fourth-order valence-electron chi connectivity index (χ4n) is 3.15. The van der Waals surface area contributed by atoms with Crippen molar-refractivity contribution in [1.82, 2.24) is 9.80 Å². The van der Waals surface area contributed by atoms with E-state index in [-0.39, 0.29) is 6.04 Å². The van der Waals surface area contributed by atoms with E-state index >= 15 is 0 Å². The van der Waals surface area contributed by atoms with E-state index < -0.39 is 0 Å². The van der Waals surface area contributed by atoms with E-state index in [4.69, 9.17) is 5.73 Å². The van der Waals surface area contributed by atoms with Crippen molar-refractivity contribution in [3.63, 3.8) is 0 Å². The van der Waals surface area contributed by atoms with Gasteiger partial charge in [-0.25, -0.2) is 0 Å². The molecule has 1 aliphatic heterocycles. The summed E-state index contributed by atoms with van der Waals surface area (Å²) in [6.45, 7) is 4.58. The Morgan fingerprint density at radius 1 is 1.58 bits per heavy atom. The lowest BCUT2D eigenvalue weighted by molar-refractivity contribution is 0.0862. The molecule has 3 unspecified atom stereocenters. The summed E-state index contributed by atoms with van der Waals surface area (Å²) in [7, 11) is 4.47. The quantitative estimate of drug-likeness (QED) is 0.900. The van der Waals surface area contributed by atoms with Gasteiger partial charge in [-0.1, -0.05) is 6.92 Å². The number of nitrogens with zero attached hydrogens (tertiary/aromatic N) is 2. The maximum atomic E-state index is 6.40. The minimum absolute atomic E-state index is 0.215. The van der Waals surface area contributed by atoms with Crippen LogP contribution in [0.15, 0.2) is 16.8 Å². The molecule has 0 spiro atoms. The number of likely N-dealkylation sites (N-methyl/N-ethyl adjacent to an activating group) is 2. The second-order valence-electron chi connectivity index (χ2n) is 5.80. The van der Waals surface area contributed by atoms with Crippen LogP contribution in [-0.4, -0.2) is 49.1 Å². The minimum atomic E-state index is 0.215. The SMILES string of the molecule is CCC(N)C(c1ccsc1)N(C)C1CCCN(C)C1. The van der Waals surface area contributed by atoms with Crippen LogP contribution in [0, 0.1) is 0 Å². The molecular weight excluding hydrogens is 254 g/mol. The molecule has 0 aromatic carbocycles. The summed E-state index contributed by atoms with van der Waals surface area (Å²) in [6.07, 6.45) is 3.61. The van der Waals surface area contributed by atoms with Gasteiger partial charge >= 0.3 is 0 Å². The summed E-state index contributed by atoms with van der Waals surface area (Å²) in [5.74, 6) is 0. The van der Waals surface area contributed by atoms with E-state index in [1.165, 1.54) is 24.9 Å². The predicted molar refractivity (Wildman–Crippen MR) is 83.6 cm³/mol. The maximum Gasteiger partial charge on any atom is 0.0507 e. The van der Waals surface area contributed by atoms with Gasteiger partial charge in [0.1, 0.15) is 0 Å². The summed E-state index contributed by atoms with van der Waals surface area (Å²) in [4.78, 5) is 4.96. The highest BCUT2D eigenvalue weighted by molar-refractivity contribution is 7.07. The molecule has 1 saturated heterocycles. The number of piperidine rings is 1. The molecule has 3 atom stereocenters. The van der Waals surface area contributed by atoms with Gasteiger partial charge in [0.2, 0.25) is 0 Å². The molecule has 0 saturated carbocycles. The first-order valence-corrected chi connectivity index (χ1v) is 8.26. The Balaban J connectivity index is 2.13. The molecule has 2 N–H and O–H groups in total. The van der Waals surface area contributed by atoms with Gasteiger partial charge in [-0.15, -0.1) is 0 Å². The van der Waals surface area contributed by atoms with Gasteiger partial charge in [-0.2, -0.15) is 11.3 Å². The average molecular weight is 281 g/mol. The van der Waals surface area contributed by atoms with E-state index in [1.54, 1.807) is 11.3 Å². The molecule has 0 radical (unpaired) electrons. The molecule has 1 aromatic heterocycles. The van der Waals surface area contributed by atoms with Crippen LogP contribution in [0.5, 0.6) is 0 Å². The Morgan fingerprint density at radius 3 is 2.95 bits per heavy atom. The normalized spacial score (nSPS) is 24.6. The standard InChI is InChI=1S/C15H27N3S/c1-4-14(16)15(12-7-9-19-11-12)18(3)13-6-5-8-17(2)10-13/h7,9,11,13-15H,4-6,8,10,16H2,1-3H3. The molecule has 0 aliphatic carbocycles. The fourth-order valence-corrected chi connectivity index (χ4v) is 3.84. The molecule has 108 valence electrons. The first-order valence-electron chi connectivity index (χ1n) is 7.31. The van der Waals surface area contributed by atoms with Gasteiger partial charge in [-0.05, 0) is 62.3 Å². The third-order valence-corrected chi connectivity index (χ3v) is 5.08. The smallest absolute Gasteiger partial charge is 0.0507 e. The third kappa shape index (κ3) is 3.57. The lowest BCUT2D eigenvalue weighted by Crippen LogP contribution is -2.50. The summed E-state index contributed by atoms with van der Waals surface area (Å²) in [5.41, 5.74) is 7.78. The molecule has 3 nitrogen and oxygen atoms in total. The van der Waals surface area contributed by atoms with Crippen LogP contribution in [0.2, 0.25) is 0 Å². The first kappa shape index (κ1) is 15.0. The van der Waals surface area contributed by atoms with Gasteiger partial charge in [0, 0.05) is 18.6 Å². The highest BCUT2D eigenvalue weighted by atomic mass is 32.1. The van der Waals surface area contributed by atoms with Crippen molar-refractivity contribution in [2.75, 3.05) is 27.2 Å². The number of likely N-dealkylation sites (tertiary alicyclic amines) is 1. The van der Waals surface area contributed by atoms with Crippen LogP contribution < -0.4 is 5.73 Å². The second-order valence-corrected chi connectivity index (χ2v) is 6.58. The fraction of sp³-hybridized carbons (Fsp3) is 0.733. The first-order chi connectivity index (χ1) is 9.13. The molecule has 1 aromatic rings. The lowest BCUT2D eigenvalue weighted by Gasteiger charge is -2.41. The summed E-state index contributed by atoms with van der Waals surface area (Å²) in [6, 6.07) is 3.43. The zero-order valence-electron chi connectivity index (χ0n) is 12.4. The molecule has 0 amide bonds. The van der Waals surface area contributed by atoms with Crippen LogP contribution in [0.25, 0.3) is 0 Å². The average Bonchev–Trinajstić information content (AvgIpc) is 2.92. The summed E-state index contributed by atoms with van der Waals surface area (Å²) >= 11 is 1.77. The number of rotatable bonds is 5. The van der Waals surface area contributed by atoms with E-state index in [1.807, 2.05) is 0 Å². The zero-order chi connectivity index (χ0) is 13.8. The summed E-state index contributed by atoms with van der Waals surface area (Å²) in [5, 5.41) is 4.41. The molecule has 2 heterocycles. The van der Waals surface area contributed by atoms with Crippen molar-refractivity contribution < 1.29 is 0 Å². The van der Waals surface area contributed by atoms with Crippen molar-refractivity contribution in [2.24, 2.45) is 5.73 Å². The van der Waals surface area contributed by atoms with E-state index in [0.29, 0.717) is 12.1 Å². The van der Waals surface area contributed by atoms with Crippen molar-refractivity contribution in [3.05, 3.63) is 22.4 Å². The molecule has 1 fully saturated rings. The minimum Gasteiger partial charge on any atom is -0.326 e. The molecule has 0 bridgehead atoms. The predicted octanol–water partition coefficient (Wildman–Crippen LogP) is 2.55. The largest absolute Gasteiger partial charge is 0.326 e. The maximum absolute atomic E-state index is 6.40. The Bertz CT molecular complexity index is 365. The Labute approximate surface area is 121 Å². The number of hydrogen-bond donors (Lipinski definition) is 1. The highest BCUT2D eigenvalue weighted by Gasteiger charge is 2.30. The van der Waals surface area contributed by atoms with Crippen molar-refractivity contribution in [2.45, 2.75) is 44.3 Å². The van der Waals surface area contributed by atoms with E-state index in [0.717, 1.165) is 13.0 Å². The van der Waals surface area contributed by atoms with E-state index in [2.05, 4.69) is 47.6 Å². The van der Waals surface area contributed by atoms with Gasteiger partial charge in [-0.3, -0.25) is 4.90 Å². The van der Waals surface area contributed by atoms with Crippen molar-refractivity contribution in [1.29, 1.82) is 0 Å². The van der Waals surface area contributed by atoms with Crippen molar-refractivity contribution in [3.8, 4) is 0 Å². The van der Waals surface area contributed by atoms with E-state index in [9.17, 15) is 0 Å². The number of thiophene rings is 1. The number of hydrogen-bond acceptors (Lipinski definition) is 4. The molecular formula is C15H27N3S. The highest BCUT2D eigenvalue weighted by Crippen LogP contribution is 2.29. The monoisotopic (exact) mass is 281 g/mol. The van der Waals surface area contributed by atoms with Gasteiger partial charge in [0.15, 0.2) is 0 Å². The Morgan fingerprint density at radius 2 is 2.37 bits per heavy atom. The Kier molecular flexibility index (Phi) is 5.39. The van der Waals surface area contributed by atoms with Crippen LogP contribution in [-0.2, 0) is 0 Å². The molecule has 19 heavy (non-hydrogen) atoms.